The SMILES string of the molecule is O=C(NCc1cccc(Oc2ccc(C(F)(F)F)cc2)c1)[C@@H]1CCCN1S(=O)(=O)c1ccc(Cl)s1. The Kier molecular flexibility index (Phi) is 7.41. The predicted octanol–water partition coefficient (Wildman–Crippen LogP) is 5.68. The number of alkyl halides is 3. The van der Waals surface area contributed by atoms with E-state index in [-0.39, 0.29) is 23.0 Å². The highest BCUT2D eigenvalue weighted by atomic mass is 35.5. The fourth-order valence-electron chi connectivity index (χ4n) is 3.72. The van der Waals surface area contributed by atoms with Crippen LogP contribution >= 0.6 is 22.9 Å². The maximum atomic E-state index is 12.9. The summed E-state index contributed by atoms with van der Waals surface area (Å²) in [6, 6.07) is 13.2. The quantitative estimate of drug-likeness (QED) is 0.415. The third kappa shape index (κ3) is 5.97. The van der Waals surface area contributed by atoms with Gasteiger partial charge < -0.3 is 10.1 Å². The first kappa shape index (κ1) is 25.5. The van der Waals surface area contributed by atoms with E-state index in [1.807, 2.05) is 0 Å². The molecular weight excluding hydrogens is 525 g/mol. The number of nitrogens with one attached hydrogen (secondary N) is 1. The number of carbonyl (C=O) groups is 1. The number of amides is 1. The van der Waals surface area contributed by atoms with E-state index in [1.54, 1.807) is 24.3 Å². The zero-order valence-electron chi connectivity index (χ0n) is 18.1. The molecule has 1 saturated heterocycles. The second-order valence-corrected chi connectivity index (χ2v) is 11.7. The van der Waals surface area contributed by atoms with Crippen molar-refractivity contribution in [3.8, 4) is 11.5 Å². The van der Waals surface area contributed by atoms with Crippen LogP contribution in [0, 0.1) is 0 Å². The number of rotatable bonds is 7. The van der Waals surface area contributed by atoms with Crippen LogP contribution in [0.1, 0.15) is 24.0 Å². The lowest BCUT2D eigenvalue weighted by molar-refractivity contribution is -0.137. The van der Waals surface area contributed by atoms with Gasteiger partial charge in [-0.1, -0.05) is 23.7 Å². The van der Waals surface area contributed by atoms with E-state index in [2.05, 4.69) is 5.32 Å². The zero-order chi connectivity index (χ0) is 25.2. The summed E-state index contributed by atoms with van der Waals surface area (Å²) in [6.07, 6.45) is -3.46. The van der Waals surface area contributed by atoms with E-state index < -0.39 is 33.7 Å². The lowest BCUT2D eigenvalue weighted by Crippen LogP contribution is -2.45. The van der Waals surface area contributed by atoms with Crippen LogP contribution in [-0.2, 0) is 27.5 Å². The van der Waals surface area contributed by atoms with Gasteiger partial charge in [-0.15, -0.1) is 11.3 Å². The first-order valence-electron chi connectivity index (χ1n) is 10.5. The number of benzene rings is 2. The lowest BCUT2D eigenvalue weighted by atomic mass is 10.2. The smallest absolute Gasteiger partial charge is 0.416 e. The average Bonchev–Trinajstić information content (AvgIpc) is 3.48. The second kappa shape index (κ2) is 10.2. The summed E-state index contributed by atoms with van der Waals surface area (Å²) in [4.78, 5) is 12.8. The van der Waals surface area contributed by atoms with Crippen molar-refractivity contribution in [3.05, 3.63) is 76.1 Å². The van der Waals surface area contributed by atoms with E-state index >= 15 is 0 Å². The molecule has 1 fully saturated rings. The summed E-state index contributed by atoms with van der Waals surface area (Å²) < 4.78 is 71.3. The minimum atomic E-state index is -4.43. The highest BCUT2D eigenvalue weighted by molar-refractivity contribution is 7.91. The van der Waals surface area contributed by atoms with E-state index in [0.717, 1.165) is 23.5 Å². The number of ether oxygens (including phenoxy) is 1. The minimum Gasteiger partial charge on any atom is -0.457 e. The van der Waals surface area contributed by atoms with Gasteiger partial charge >= 0.3 is 6.18 Å². The Morgan fingerprint density at radius 1 is 1.11 bits per heavy atom. The first-order chi connectivity index (χ1) is 16.5. The van der Waals surface area contributed by atoms with Crippen molar-refractivity contribution >= 4 is 38.9 Å². The molecule has 1 aliphatic rings. The molecule has 186 valence electrons. The Hall–Kier alpha value is -2.60. The minimum absolute atomic E-state index is 0.0929. The van der Waals surface area contributed by atoms with E-state index in [4.69, 9.17) is 16.3 Å². The third-order valence-electron chi connectivity index (χ3n) is 5.40. The van der Waals surface area contributed by atoms with E-state index in [1.165, 1.54) is 28.6 Å². The molecule has 3 aromatic rings. The number of thiophene rings is 1. The van der Waals surface area contributed by atoms with Crippen molar-refractivity contribution in [1.82, 2.24) is 9.62 Å². The van der Waals surface area contributed by atoms with Crippen LogP contribution in [0.2, 0.25) is 4.34 Å². The molecule has 2 aromatic carbocycles. The van der Waals surface area contributed by atoms with Gasteiger partial charge in [-0.2, -0.15) is 17.5 Å². The van der Waals surface area contributed by atoms with E-state index in [9.17, 15) is 26.4 Å². The highest BCUT2D eigenvalue weighted by Crippen LogP contribution is 2.33. The standard InChI is InChI=1S/C23H20ClF3N2O4S2/c24-20-10-11-21(34-20)35(31,32)29-12-2-5-19(29)22(30)28-14-15-3-1-4-18(13-15)33-17-8-6-16(7-9-17)23(25,26)27/h1,3-4,6-11,13,19H,2,5,12,14H2,(H,28,30)/t19-/m0/s1. The monoisotopic (exact) mass is 544 g/mol. The van der Waals surface area contributed by atoms with Crippen molar-refractivity contribution in [1.29, 1.82) is 0 Å². The van der Waals surface area contributed by atoms with Crippen molar-refractivity contribution in [2.75, 3.05) is 6.54 Å². The molecule has 1 aliphatic heterocycles. The maximum Gasteiger partial charge on any atom is 0.416 e. The van der Waals surface area contributed by atoms with Gasteiger partial charge in [0.15, 0.2) is 0 Å². The van der Waals surface area contributed by atoms with Crippen LogP contribution in [0.3, 0.4) is 0 Å². The molecule has 1 amide bonds. The molecule has 0 aliphatic carbocycles. The summed E-state index contributed by atoms with van der Waals surface area (Å²) >= 11 is 6.82. The van der Waals surface area contributed by atoms with Crippen molar-refractivity contribution < 1.29 is 31.1 Å². The number of hydrogen-bond donors (Lipinski definition) is 1. The molecule has 0 unspecified atom stereocenters. The Morgan fingerprint density at radius 3 is 2.51 bits per heavy atom. The van der Waals surface area contributed by atoms with Crippen LogP contribution < -0.4 is 10.1 Å². The molecule has 1 N–H and O–H groups in total. The molecule has 0 spiro atoms. The predicted molar refractivity (Wildman–Crippen MR) is 126 cm³/mol. The third-order valence-corrected chi connectivity index (χ3v) is 9.01. The van der Waals surface area contributed by atoms with Crippen molar-refractivity contribution in [2.45, 2.75) is 35.8 Å². The van der Waals surface area contributed by atoms with Gasteiger partial charge in [-0.05, 0) is 66.9 Å². The number of carbonyl (C=O) groups excluding carboxylic acids is 1. The number of nitrogens with zero attached hydrogens (tertiary/aromatic N) is 1. The number of hydrogen-bond acceptors (Lipinski definition) is 5. The normalized spacial score (nSPS) is 16.9. The van der Waals surface area contributed by atoms with Gasteiger partial charge in [0.05, 0.1) is 9.90 Å². The fraction of sp³-hybridized carbons (Fsp3) is 0.261. The summed E-state index contributed by atoms with van der Waals surface area (Å²) in [7, 11) is -3.83. The molecule has 2 heterocycles. The van der Waals surface area contributed by atoms with Crippen LogP contribution in [0.4, 0.5) is 13.2 Å². The fourth-order valence-corrected chi connectivity index (χ4v) is 6.98. The summed E-state index contributed by atoms with van der Waals surface area (Å²) in [5.74, 6) is 0.207. The van der Waals surface area contributed by atoms with Crippen LogP contribution in [0.15, 0.2) is 64.9 Å². The molecule has 0 radical (unpaired) electrons. The Morgan fingerprint density at radius 2 is 1.86 bits per heavy atom. The molecule has 12 heteroatoms. The van der Waals surface area contributed by atoms with Crippen molar-refractivity contribution in [3.63, 3.8) is 0 Å². The summed E-state index contributed by atoms with van der Waals surface area (Å²) in [6.45, 7) is 0.366. The van der Waals surface area contributed by atoms with Gasteiger partial charge in [0.1, 0.15) is 21.8 Å². The van der Waals surface area contributed by atoms with Gasteiger partial charge in [-0.25, -0.2) is 8.42 Å². The van der Waals surface area contributed by atoms with Crippen molar-refractivity contribution in [2.24, 2.45) is 0 Å². The van der Waals surface area contributed by atoms with Gasteiger partial charge in [0.25, 0.3) is 10.0 Å². The number of halogens is 4. The molecule has 1 atom stereocenters. The lowest BCUT2D eigenvalue weighted by Gasteiger charge is -2.22. The maximum absolute atomic E-state index is 12.9. The topological polar surface area (TPSA) is 75.7 Å². The first-order valence-corrected chi connectivity index (χ1v) is 13.2. The molecular formula is C23H20ClF3N2O4S2. The highest BCUT2D eigenvalue weighted by Gasteiger charge is 2.40. The molecule has 0 bridgehead atoms. The second-order valence-electron chi connectivity index (χ2n) is 7.82. The molecule has 4 rings (SSSR count). The summed E-state index contributed by atoms with van der Waals surface area (Å²) in [5.41, 5.74) is -0.0911. The largest absolute Gasteiger partial charge is 0.457 e. The van der Waals surface area contributed by atoms with Crippen LogP contribution in [0.25, 0.3) is 0 Å². The Labute approximate surface area is 209 Å². The molecule has 1 aromatic heterocycles. The Balaban J connectivity index is 1.39. The van der Waals surface area contributed by atoms with Crippen LogP contribution in [-0.4, -0.2) is 31.2 Å². The average molecular weight is 545 g/mol. The summed E-state index contributed by atoms with van der Waals surface area (Å²) in [5, 5.41) is 2.77. The molecule has 0 saturated carbocycles. The van der Waals surface area contributed by atoms with E-state index in [0.29, 0.717) is 28.5 Å². The zero-order valence-corrected chi connectivity index (χ0v) is 20.5. The van der Waals surface area contributed by atoms with Gasteiger partial charge in [0.2, 0.25) is 5.91 Å². The number of sulfonamides is 1. The van der Waals surface area contributed by atoms with Gasteiger partial charge in [0, 0.05) is 13.1 Å². The molecule has 35 heavy (non-hydrogen) atoms. The van der Waals surface area contributed by atoms with Crippen LogP contribution in [0.5, 0.6) is 11.5 Å². The van der Waals surface area contributed by atoms with Gasteiger partial charge in [-0.3, -0.25) is 4.79 Å². The molecule has 6 nitrogen and oxygen atoms in total. The Bertz CT molecular complexity index is 1310.